The lowest BCUT2D eigenvalue weighted by atomic mass is 10.1. The van der Waals surface area contributed by atoms with Gasteiger partial charge in [0, 0.05) is 36.8 Å². The smallest absolute Gasteiger partial charge is 0.274 e. The van der Waals surface area contributed by atoms with E-state index in [2.05, 4.69) is 34.1 Å². The van der Waals surface area contributed by atoms with Gasteiger partial charge in [-0.25, -0.2) is 4.68 Å². The summed E-state index contributed by atoms with van der Waals surface area (Å²) < 4.78 is 1.45. The van der Waals surface area contributed by atoms with E-state index in [9.17, 15) is 9.59 Å². The second-order valence-electron chi connectivity index (χ2n) is 7.15. The second kappa shape index (κ2) is 10.6. The van der Waals surface area contributed by atoms with Crippen molar-refractivity contribution in [3.8, 4) is 0 Å². The largest absolute Gasteiger partial charge is 0.354 e. The number of nitrogens with zero attached hydrogens (tertiary/aromatic N) is 4. The summed E-state index contributed by atoms with van der Waals surface area (Å²) in [6.45, 7) is 7.95. The van der Waals surface area contributed by atoms with Crippen LogP contribution in [0.3, 0.4) is 0 Å². The molecule has 30 heavy (non-hydrogen) atoms. The Labute approximate surface area is 176 Å². The van der Waals surface area contributed by atoms with Crippen molar-refractivity contribution < 1.29 is 4.79 Å². The van der Waals surface area contributed by atoms with Gasteiger partial charge in [-0.2, -0.15) is 5.10 Å². The van der Waals surface area contributed by atoms with Crippen molar-refractivity contribution >= 4 is 16.7 Å². The predicted octanol–water partition coefficient (Wildman–Crippen LogP) is 2.03. The van der Waals surface area contributed by atoms with Gasteiger partial charge < -0.3 is 10.2 Å². The Balaban J connectivity index is 1.77. The van der Waals surface area contributed by atoms with E-state index >= 15 is 0 Å². The summed E-state index contributed by atoms with van der Waals surface area (Å²) >= 11 is 0. The summed E-state index contributed by atoms with van der Waals surface area (Å²) in [4.78, 5) is 32.0. The molecule has 0 aliphatic carbocycles. The first-order chi connectivity index (χ1) is 14.6. The molecule has 0 atom stereocenters. The number of carbonyl (C=O) groups is 1. The molecule has 2 aromatic heterocycles. The molecule has 1 aromatic carbocycles. The minimum absolute atomic E-state index is 0.0882. The zero-order valence-corrected chi connectivity index (χ0v) is 17.7. The van der Waals surface area contributed by atoms with Crippen LogP contribution in [0.15, 0.2) is 53.5 Å². The van der Waals surface area contributed by atoms with Crippen LogP contribution in [0.2, 0.25) is 0 Å². The molecule has 1 amide bonds. The van der Waals surface area contributed by atoms with Crippen molar-refractivity contribution in [1.82, 2.24) is 25.0 Å². The number of fused-ring (bicyclic) bond motifs is 1. The van der Waals surface area contributed by atoms with E-state index in [-0.39, 0.29) is 17.9 Å². The third-order valence-electron chi connectivity index (χ3n) is 5.22. The first kappa shape index (κ1) is 21.6. The van der Waals surface area contributed by atoms with E-state index in [1.807, 2.05) is 36.4 Å². The van der Waals surface area contributed by atoms with Crippen LogP contribution in [-0.2, 0) is 24.2 Å². The van der Waals surface area contributed by atoms with Crippen molar-refractivity contribution in [3.63, 3.8) is 0 Å². The first-order valence-corrected chi connectivity index (χ1v) is 10.5. The number of pyridine rings is 1. The number of benzene rings is 1. The van der Waals surface area contributed by atoms with Gasteiger partial charge in [0.05, 0.1) is 24.0 Å². The third-order valence-corrected chi connectivity index (χ3v) is 5.22. The van der Waals surface area contributed by atoms with Gasteiger partial charge in [-0.05, 0) is 31.3 Å². The molecule has 158 valence electrons. The normalized spacial score (nSPS) is 11.2. The molecule has 0 saturated carbocycles. The van der Waals surface area contributed by atoms with Gasteiger partial charge in [-0.15, -0.1) is 0 Å². The molecular weight excluding hydrogens is 378 g/mol. The molecular formula is C23H29N5O2. The molecule has 0 aliphatic rings. The maximum absolute atomic E-state index is 12.9. The maximum Gasteiger partial charge on any atom is 0.274 e. The van der Waals surface area contributed by atoms with Crippen molar-refractivity contribution in [2.75, 3.05) is 26.2 Å². The summed E-state index contributed by atoms with van der Waals surface area (Å²) in [6.07, 6.45) is 2.48. The average molecular weight is 408 g/mol. The molecule has 1 N–H and O–H groups in total. The lowest BCUT2D eigenvalue weighted by Gasteiger charge is -2.18. The molecule has 0 saturated heterocycles. The molecule has 0 aliphatic heterocycles. The molecule has 0 spiro atoms. The number of nitrogens with one attached hydrogen (secondary N) is 1. The highest BCUT2D eigenvalue weighted by Crippen LogP contribution is 2.14. The highest BCUT2D eigenvalue weighted by molar-refractivity contribution is 5.88. The topological polar surface area (TPSA) is 80.1 Å². The number of amides is 1. The Morgan fingerprint density at radius 2 is 1.80 bits per heavy atom. The fourth-order valence-corrected chi connectivity index (χ4v) is 3.46. The van der Waals surface area contributed by atoms with Crippen LogP contribution in [0, 0.1) is 0 Å². The van der Waals surface area contributed by atoms with Gasteiger partial charge in [0.15, 0.2) is 0 Å². The highest BCUT2D eigenvalue weighted by Gasteiger charge is 2.14. The predicted molar refractivity (Wildman–Crippen MR) is 118 cm³/mol. The van der Waals surface area contributed by atoms with Gasteiger partial charge in [0.1, 0.15) is 0 Å². The van der Waals surface area contributed by atoms with Gasteiger partial charge >= 0.3 is 0 Å². The SMILES string of the molecule is CCN(CC)CCNC(=O)Cc1nn(CCc2ccccn2)c(=O)c2ccccc12. The summed E-state index contributed by atoms with van der Waals surface area (Å²) in [5.74, 6) is -0.0882. The van der Waals surface area contributed by atoms with E-state index in [0.29, 0.717) is 30.6 Å². The van der Waals surface area contributed by atoms with E-state index in [1.54, 1.807) is 12.3 Å². The van der Waals surface area contributed by atoms with Gasteiger partial charge in [0.25, 0.3) is 5.56 Å². The molecule has 0 bridgehead atoms. The quantitative estimate of drug-likeness (QED) is 0.556. The summed E-state index contributed by atoms with van der Waals surface area (Å²) in [6, 6.07) is 13.1. The van der Waals surface area contributed by atoms with E-state index in [1.165, 1.54) is 4.68 Å². The van der Waals surface area contributed by atoms with Crippen molar-refractivity contribution in [2.24, 2.45) is 0 Å². The minimum atomic E-state index is -0.146. The Morgan fingerprint density at radius 3 is 2.50 bits per heavy atom. The van der Waals surface area contributed by atoms with E-state index in [0.717, 1.165) is 30.7 Å². The van der Waals surface area contributed by atoms with E-state index < -0.39 is 0 Å². The zero-order valence-electron chi connectivity index (χ0n) is 17.7. The maximum atomic E-state index is 12.9. The van der Waals surface area contributed by atoms with Crippen LogP contribution in [-0.4, -0.2) is 51.8 Å². The Bertz CT molecular complexity index is 1030. The van der Waals surface area contributed by atoms with Crippen LogP contribution < -0.4 is 10.9 Å². The Hall–Kier alpha value is -3.06. The van der Waals surface area contributed by atoms with Crippen molar-refractivity contribution in [3.05, 3.63) is 70.4 Å². The van der Waals surface area contributed by atoms with Crippen LogP contribution >= 0.6 is 0 Å². The van der Waals surface area contributed by atoms with Gasteiger partial charge in [-0.3, -0.25) is 14.6 Å². The van der Waals surface area contributed by atoms with Crippen LogP contribution in [0.25, 0.3) is 10.8 Å². The first-order valence-electron chi connectivity index (χ1n) is 10.5. The molecule has 2 heterocycles. The molecule has 7 heteroatoms. The Morgan fingerprint density at radius 1 is 1.07 bits per heavy atom. The Kier molecular flexibility index (Phi) is 7.68. The number of likely N-dealkylation sites (N-methyl/N-ethyl adjacent to an activating group) is 1. The molecule has 0 fully saturated rings. The zero-order chi connectivity index (χ0) is 21.3. The number of carbonyl (C=O) groups excluding carboxylic acids is 1. The number of hydrogen-bond donors (Lipinski definition) is 1. The van der Waals surface area contributed by atoms with Gasteiger partial charge in [0.2, 0.25) is 5.91 Å². The van der Waals surface area contributed by atoms with Crippen molar-refractivity contribution in [2.45, 2.75) is 33.2 Å². The number of aryl methyl sites for hydroxylation is 2. The highest BCUT2D eigenvalue weighted by atomic mass is 16.1. The molecule has 3 aromatic rings. The summed E-state index contributed by atoms with van der Waals surface area (Å²) in [5, 5.41) is 8.82. The fourth-order valence-electron chi connectivity index (χ4n) is 3.46. The lowest BCUT2D eigenvalue weighted by molar-refractivity contribution is -0.120. The van der Waals surface area contributed by atoms with E-state index in [4.69, 9.17) is 0 Å². The van der Waals surface area contributed by atoms with Crippen LogP contribution in [0.1, 0.15) is 25.2 Å². The summed E-state index contributed by atoms with van der Waals surface area (Å²) in [5.41, 5.74) is 1.37. The number of aromatic nitrogens is 3. The number of hydrogen-bond acceptors (Lipinski definition) is 5. The standard InChI is InChI=1S/C23H29N5O2/c1-3-27(4-2)16-14-25-22(29)17-21-19-10-5-6-11-20(19)23(30)28(26-21)15-12-18-9-7-8-13-24-18/h5-11,13H,3-4,12,14-17H2,1-2H3,(H,25,29). The number of rotatable bonds is 10. The summed E-state index contributed by atoms with van der Waals surface area (Å²) in [7, 11) is 0. The molecule has 3 rings (SSSR count). The average Bonchev–Trinajstić information content (AvgIpc) is 2.78. The molecule has 0 unspecified atom stereocenters. The van der Waals surface area contributed by atoms with Crippen LogP contribution in [0.5, 0.6) is 0 Å². The minimum Gasteiger partial charge on any atom is -0.354 e. The second-order valence-corrected chi connectivity index (χ2v) is 7.15. The molecule has 0 radical (unpaired) electrons. The molecule has 7 nitrogen and oxygen atoms in total. The third kappa shape index (κ3) is 5.51. The monoisotopic (exact) mass is 407 g/mol. The van der Waals surface area contributed by atoms with Crippen LogP contribution in [0.4, 0.5) is 0 Å². The van der Waals surface area contributed by atoms with Gasteiger partial charge in [-0.1, -0.05) is 38.1 Å². The van der Waals surface area contributed by atoms with Crippen molar-refractivity contribution in [1.29, 1.82) is 0 Å². The lowest BCUT2D eigenvalue weighted by Crippen LogP contribution is -2.36. The fraction of sp³-hybridized carbons (Fsp3) is 0.391.